The van der Waals surface area contributed by atoms with E-state index in [0.717, 1.165) is 17.1 Å². The maximum absolute atomic E-state index is 5.73. The van der Waals surface area contributed by atoms with Crippen molar-refractivity contribution in [3.8, 4) is 11.5 Å². The molecule has 0 aliphatic carbocycles. The van der Waals surface area contributed by atoms with E-state index in [0.29, 0.717) is 0 Å². The van der Waals surface area contributed by atoms with Crippen LogP contribution in [0.25, 0.3) is 6.08 Å². The van der Waals surface area contributed by atoms with Crippen molar-refractivity contribution in [3.63, 3.8) is 0 Å². The zero-order chi connectivity index (χ0) is 12.8. The minimum absolute atomic E-state index is 0.497. The summed E-state index contributed by atoms with van der Waals surface area (Å²) >= 11 is 11.3. The summed E-state index contributed by atoms with van der Waals surface area (Å²) < 4.78 is 5.73. The van der Waals surface area contributed by atoms with Crippen LogP contribution in [0, 0.1) is 0 Å². The normalized spacial score (nSPS) is 11.1. The molecule has 0 N–H and O–H groups in total. The lowest BCUT2D eigenvalue weighted by molar-refractivity contribution is 0.482. The van der Waals surface area contributed by atoms with E-state index in [1.807, 2.05) is 60.7 Å². The van der Waals surface area contributed by atoms with Crippen LogP contribution in [0.3, 0.4) is 0 Å². The highest BCUT2D eigenvalue weighted by molar-refractivity contribution is 6.45. The second kappa shape index (κ2) is 6.48. The predicted octanol–water partition coefficient (Wildman–Crippen LogP) is 5.30. The van der Waals surface area contributed by atoms with Gasteiger partial charge in [-0.1, -0.05) is 42.5 Å². The van der Waals surface area contributed by atoms with Gasteiger partial charge in [0.1, 0.15) is 16.3 Å². The van der Waals surface area contributed by atoms with Crippen molar-refractivity contribution in [2.45, 2.75) is 4.84 Å². The molecule has 2 aromatic rings. The standard InChI is InChI=1S/C15H12Cl2O/c16-15(17)10-9-12-5-4-8-14(11-12)18-13-6-2-1-3-7-13/h1-11,15H/b10-9+. The Morgan fingerprint density at radius 1 is 0.889 bits per heavy atom. The number of alkyl halides is 2. The topological polar surface area (TPSA) is 9.23 Å². The zero-order valence-electron chi connectivity index (χ0n) is 9.59. The monoisotopic (exact) mass is 278 g/mol. The lowest BCUT2D eigenvalue weighted by Gasteiger charge is -2.05. The third-order valence-corrected chi connectivity index (χ3v) is 2.56. The Bertz CT molecular complexity index is 521. The van der Waals surface area contributed by atoms with Crippen molar-refractivity contribution in [3.05, 3.63) is 66.2 Å². The van der Waals surface area contributed by atoms with Crippen molar-refractivity contribution < 1.29 is 4.74 Å². The Morgan fingerprint density at radius 3 is 2.33 bits per heavy atom. The largest absolute Gasteiger partial charge is 0.457 e. The SMILES string of the molecule is ClC(Cl)/C=C/c1cccc(Oc2ccccc2)c1. The van der Waals surface area contributed by atoms with Crippen LogP contribution in [-0.2, 0) is 0 Å². The number of benzene rings is 2. The van der Waals surface area contributed by atoms with Crippen LogP contribution in [-0.4, -0.2) is 4.84 Å². The highest BCUT2D eigenvalue weighted by atomic mass is 35.5. The lowest BCUT2D eigenvalue weighted by atomic mass is 10.2. The molecule has 0 radical (unpaired) electrons. The molecule has 0 saturated carbocycles. The molecule has 3 heteroatoms. The van der Waals surface area contributed by atoms with E-state index in [1.165, 1.54) is 0 Å². The molecule has 0 saturated heterocycles. The molecule has 1 nitrogen and oxygen atoms in total. The van der Waals surface area contributed by atoms with E-state index in [1.54, 1.807) is 6.08 Å². The second-order valence-electron chi connectivity index (χ2n) is 3.68. The van der Waals surface area contributed by atoms with Gasteiger partial charge in [-0.2, -0.15) is 0 Å². The molecule has 0 amide bonds. The summed E-state index contributed by atoms with van der Waals surface area (Å²) in [6.45, 7) is 0. The number of halogens is 2. The number of hydrogen-bond acceptors (Lipinski definition) is 1. The van der Waals surface area contributed by atoms with Gasteiger partial charge in [0.25, 0.3) is 0 Å². The zero-order valence-corrected chi connectivity index (χ0v) is 11.1. The third-order valence-electron chi connectivity index (χ3n) is 2.27. The van der Waals surface area contributed by atoms with Gasteiger partial charge < -0.3 is 4.74 Å². The van der Waals surface area contributed by atoms with Crippen molar-refractivity contribution in [2.24, 2.45) is 0 Å². The number of ether oxygens (including phenoxy) is 1. The number of hydrogen-bond donors (Lipinski definition) is 0. The Hall–Kier alpha value is -1.44. The summed E-state index contributed by atoms with van der Waals surface area (Å²) in [5.74, 6) is 1.59. The highest BCUT2D eigenvalue weighted by Crippen LogP contribution is 2.22. The fourth-order valence-electron chi connectivity index (χ4n) is 1.49. The molecule has 0 atom stereocenters. The molecule has 0 fully saturated rings. The summed E-state index contributed by atoms with van der Waals surface area (Å²) in [4.78, 5) is -0.497. The lowest BCUT2D eigenvalue weighted by Crippen LogP contribution is -1.84. The first-order chi connectivity index (χ1) is 8.74. The van der Waals surface area contributed by atoms with Gasteiger partial charge in [0.15, 0.2) is 0 Å². The Morgan fingerprint density at radius 2 is 1.61 bits per heavy atom. The Balaban J connectivity index is 2.13. The van der Waals surface area contributed by atoms with Gasteiger partial charge in [0.05, 0.1) is 0 Å². The van der Waals surface area contributed by atoms with Crippen molar-refractivity contribution >= 4 is 29.3 Å². The molecule has 0 bridgehead atoms. The fraction of sp³-hybridized carbons (Fsp3) is 0.0667. The van der Waals surface area contributed by atoms with Crippen LogP contribution in [0.4, 0.5) is 0 Å². The minimum atomic E-state index is -0.497. The van der Waals surface area contributed by atoms with E-state index in [2.05, 4.69) is 0 Å². The average molecular weight is 279 g/mol. The average Bonchev–Trinajstić information content (AvgIpc) is 2.38. The third kappa shape index (κ3) is 4.10. The molecule has 92 valence electrons. The molecule has 0 unspecified atom stereocenters. The van der Waals surface area contributed by atoms with Gasteiger partial charge in [-0.15, -0.1) is 23.2 Å². The van der Waals surface area contributed by atoms with E-state index in [4.69, 9.17) is 27.9 Å². The summed E-state index contributed by atoms with van der Waals surface area (Å²) in [6, 6.07) is 17.4. The maximum atomic E-state index is 5.73. The summed E-state index contributed by atoms with van der Waals surface area (Å²) in [5, 5.41) is 0. The second-order valence-corrected chi connectivity index (χ2v) is 4.84. The van der Waals surface area contributed by atoms with Gasteiger partial charge in [-0.05, 0) is 29.8 Å². The Labute approximate surface area is 117 Å². The highest BCUT2D eigenvalue weighted by Gasteiger charge is 1.97. The molecule has 2 rings (SSSR count). The quantitative estimate of drug-likeness (QED) is 0.690. The van der Waals surface area contributed by atoms with Crippen molar-refractivity contribution in [1.82, 2.24) is 0 Å². The molecular weight excluding hydrogens is 267 g/mol. The number of para-hydroxylation sites is 1. The first-order valence-electron chi connectivity index (χ1n) is 5.53. The van der Waals surface area contributed by atoms with Gasteiger partial charge >= 0.3 is 0 Å². The fourth-order valence-corrected chi connectivity index (χ4v) is 1.64. The van der Waals surface area contributed by atoms with Gasteiger partial charge in [-0.3, -0.25) is 0 Å². The van der Waals surface area contributed by atoms with Crippen LogP contribution in [0.5, 0.6) is 11.5 Å². The summed E-state index contributed by atoms with van der Waals surface area (Å²) in [6.07, 6.45) is 3.58. The van der Waals surface area contributed by atoms with E-state index in [-0.39, 0.29) is 0 Å². The number of allylic oxidation sites excluding steroid dienone is 1. The van der Waals surface area contributed by atoms with E-state index < -0.39 is 4.84 Å². The van der Waals surface area contributed by atoms with E-state index in [9.17, 15) is 0 Å². The molecule has 0 heterocycles. The van der Waals surface area contributed by atoms with Crippen LogP contribution >= 0.6 is 23.2 Å². The van der Waals surface area contributed by atoms with Crippen LogP contribution < -0.4 is 4.74 Å². The first kappa shape index (κ1) is 13.0. The number of rotatable bonds is 4. The first-order valence-corrected chi connectivity index (χ1v) is 6.40. The van der Waals surface area contributed by atoms with Gasteiger partial charge in [-0.25, -0.2) is 0 Å². The van der Waals surface area contributed by atoms with Crippen molar-refractivity contribution in [1.29, 1.82) is 0 Å². The molecule has 0 aliphatic heterocycles. The van der Waals surface area contributed by atoms with Crippen LogP contribution in [0.2, 0.25) is 0 Å². The Kier molecular flexibility index (Phi) is 4.68. The molecule has 2 aromatic carbocycles. The molecule has 0 spiro atoms. The van der Waals surface area contributed by atoms with Crippen molar-refractivity contribution in [2.75, 3.05) is 0 Å². The van der Waals surface area contributed by atoms with Gasteiger partial charge in [0, 0.05) is 0 Å². The van der Waals surface area contributed by atoms with Crippen LogP contribution in [0.1, 0.15) is 5.56 Å². The minimum Gasteiger partial charge on any atom is -0.457 e. The van der Waals surface area contributed by atoms with Gasteiger partial charge in [0.2, 0.25) is 0 Å². The van der Waals surface area contributed by atoms with E-state index >= 15 is 0 Å². The summed E-state index contributed by atoms with van der Waals surface area (Å²) in [7, 11) is 0. The maximum Gasteiger partial charge on any atom is 0.128 e. The predicted molar refractivity (Wildman–Crippen MR) is 77.5 cm³/mol. The molecule has 0 aliphatic rings. The molecular formula is C15H12Cl2O. The molecule has 0 aromatic heterocycles. The smallest absolute Gasteiger partial charge is 0.128 e. The van der Waals surface area contributed by atoms with Crippen LogP contribution in [0.15, 0.2) is 60.7 Å². The molecule has 18 heavy (non-hydrogen) atoms. The summed E-state index contributed by atoms with van der Waals surface area (Å²) in [5.41, 5.74) is 0.995.